The number of aliphatic carboxylic acids is 1. The Bertz CT molecular complexity index is 490. The molecule has 0 saturated heterocycles. The molecule has 0 unspecified atom stereocenters. The van der Waals surface area contributed by atoms with E-state index in [1.54, 1.807) is 18.2 Å². The van der Waals surface area contributed by atoms with E-state index in [0.717, 1.165) is 0 Å². The first-order chi connectivity index (χ1) is 8.11. The first kappa shape index (κ1) is 11.3. The van der Waals surface area contributed by atoms with Crippen molar-refractivity contribution in [2.45, 2.75) is 6.92 Å². The highest BCUT2D eigenvalue weighted by Gasteiger charge is 2.19. The predicted octanol–water partition coefficient (Wildman–Crippen LogP) is 1.91. The maximum atomic E-state index is 10.7. The number of carbonyl (C=O) groups is 1. The molecule has 0 atom stereocenters. The predicted molar refractivity (Wildman–Crippen MR) is 60.4 cm³/mol. The van der Waals surface area contributed by atoms with Crippen LogP contribution in [0.3, 0.4) is 0 Å². The maximum absolute atomic E-state index is 10.7. The van der Waals surface area contributed by atoms with Gasteiger partial charge in [-0.15, -0.1) is 0 Å². The van der Waals surface area contributed by atoms with Gasteiger partial charge in [-0.2, -0.15) is 0 Å². The number of carboxylic acids is 1. The van der Waals surface area contributed by atoms with Gasteiger partial charge in [0.15, 0.2) is 11.5 Å². The third kappa shape index (κ3) is 2.18. The number of methoxy groups -OCH3 is 1. The smallest absolute Gasteiger partial charge is 0.331 e. The fourth-order valence-corrected chi connectivity index (χ4v) is 1.54. The summed E-state index contributed by atoms with van der Waals surface area (Å²) in [4.78, 5) is 10.7. The lowest BCUT2D eigenvalue weighted by atomic mass is 10.1. The lowest BCUT2D eigenvalue weighted by Gasteiger charge is -2.06. The van der Waals surface area contributed by atoms with Crippen LogP contribution in [-0.2, 0) is 4.79 Å². The lowest BCUT2D eigenvalue weighted by Crippen LogP contribution is -1.95. The molecule has 0 radical (unpaired) electrons. The Labute approximate surface area is 98.2 Å². The summed E-state index contributed by atoms with van der Waals surface area (Å²) in [6, 6.07) is 3.43. The minimum absolute atomic E-state index is 0.150. The Hall–Kier alpha value is -2.17. The molecule has 1 aliphatic heterocycles. The maximum Gasteiger partial charge on any atom is 0.331 e. The van der Waals surface area contributed by atoms with E-state index >= 15 is 0 Å². The highest BCUT2D eigenvalue weighted by molar-refractivity contribution is 5.91. The summed E-state index contributed by atoms with van der Waals surface area (Å²) in [5.41, 5.74) is 0.942. The number of rotatable bonds is 3. The van der Waals surface area contributed by atoms with Crippen molar-refractivity contribution in [3.63, 3.8) is 0 Å². The van der Waals surface area contributed by atoms with Gasteiger partial charge in [0.05, 0.1) is 7.11 Å². The second kappa shape index (κ2) is 4.37. The van der Waals surface area contributed by atoms with Crippen LogP contribution in [0.1, 0.15) is 12.5 Å². The van der Waals surface area contributed by atoms with Gasteiger partial charge in [-0.05, 0) is 30.7 Å². The number of hydrogen-bond acceptors (Lipinski definition) is 4. The summed E-state index contributed by atoms with van der Waals surface area (Å²) in [6.07, 6.45) is 1.55. The van der Waals surface area contributed by atoms with Gasteiger partial charge in [0.25, 0.3) is 0 Å². The number of ether oxygens (including phenoxy) is 3. The minimum atomic E-state index is -0.957. The average molecular weight is 236 g/mol. The van der Waals surface area contributed by atoms with Crippen LogP contribution in [0.5, 0.6) is 17.2 Å². The van der Waals surface area contributed by atoms with Crippen LogP contribution in [0.2, 0.25) is 0 Å². The fraction of sp³-hybridized carbons (Fsp3) is 0.250. The molecular weight excluding hydrogens is 224 g/mol. The molecule has 0 fully saturated rings. The zero-order chi connectivity index (χ0) is 12.4. The molecule has 5 nitrogen and oxygen atoms in total. The molecule has 0 saturated carbocycles. The summed E-state index contributed by atoms with van der Waals surface area (Å²) in [5, 5.41) is 8.81. The van der Waals surface area contributed by atoms with E-state index in [4.69, 9.17) is 19.3 Å². The zero-order valence-corrected chi connectivity index (χ0v) is 9.52. The molecule has 1 aromatic rings. The van der Waals surface area contributed by atoms with Crippen LogP contribution in [0.15, 0.2) is 17.7 Å². The van der Waals surface area contributed by atoms with Crippen molar-refractivity contribution in [1.82, 2.24) is 0 Å². The van der Waals surface area contributed by atoms with Gasteiger partial charge in [-0.1, -0.05) is 0 Å². The van der Waals surface area contributed by atoms with Crippen molar-refractivity contribution >= 4 is 12.0 Å². The van der Waals surface area contributed by atoms with Gasteiger partial charge in [0.2, 0.25) is 12.5 Å². The zero-order valence-electron chi connectivity index (χ0n) is 9.52. The normalized spacial score (nSPS) is 13.6. The summed E-state index contributed by atoms with van der Waals surface area (Å²) >= 11 is 0. The molecule has 5 heteroatoms. The van der Waals surface area contributed by atoms with Gasteiger partial charge in [-0.25, -0.2) is 4.79 Å². The molecule has 0 aliphatic carbocycles. The van der Waals surface area contributed by atoms with Crippen molar-refractivity contribution in [3.8, 4) is 17.2 Å². The summed E-state index contributed by atoms with van der Waals surface area (Å²) in [6.45, 7) is 1.68. The Morgan fingerprint density at radius 3 is 2.88 bits per heavy atom. The second-order valence-electron chi connectivity index (χ2n) is 3.59. The lowest BCUT2D eigenvalue weighted by molar-refractivity contribution is -0.132. The number of hydrogen-bond donors (Lipinski definition) is 1. The van der Waals surface area contributed by atoms with Crippen molar-refractivity contribution < 1.29 is 24.1 Å². The number of benzene rings is 1. The van der Waals surface area contributed by atoms with Gasteiger partial charge >= 0.3 is 5.97 Å². The fourth-order valence-electron chi connectivity index (χ4n) is 1.54. The quantitative estimate of drug-likeness (QED) is 0.812. The van der Waals surface area contributed by atoms with Crippen molar-refractivity contribution in [2.24, 2.45) is 0 Å². The molecule has 1 heterocycles. The molecule has 0 aromatic heterocycles. The third-order valence-corrected chi connectivity index (χ3v) is 2.40. The van der Waals surface area contributed by atoms with Crippen LogP contribution in [0, 0.1) is 0 Å². The minimum Gasteiger partial charge on any atom is -0.493 e. The molecule has 90 valence electrons. The third-order valence-electron chi connectivity index (χ3n) is 2.40. The highest BCUT2D eigenvalue weighted by Crippen LogP contribution is 2.42. The summed E-state index contributed by atoms with van der Waals surface area (Å²) in [5.74, 6) is 0.692. The standard InChI is InChI=1S/C12H12O5/c1-7(12(13)14)3-8-4-9(15-2)11-10(5-8)16-6-17-11/h3-5H,6H2,1-2H3,(H,13,14)/b7-3+. The Morgan fingerprint density at radius 2 is 2.24 bits per heavy atom. The second-order valence-corrected chi connectivity index (χ2v) is 3.59. The molecular formula is C12H12O5. The van der Waals surface area contributed by atoms with Crippen LogP contribution in [0.4, 0.5) is 0 Å². The van der Waals surface area contributed by atoms with Gasteiger partial charge in [0, 0.05) is 5.57 Å². The molecule has 0 spiro atoms. The Kier molecular flexibility index (Phi) is 2.91. The van der Waals surface area contributed by atoms with E-state index in [1.807, 2.05) is 0 Å². The molecule has 1 N–H and O–H groups in total. The van der Waals surface area contributed by atoms with E-state index < -0.39 is 5.97 Å². The molecule has 0 bridgehead atoms. The number of carboxylic acid groups (broad SMARTS) is 1. The topological polar surface area (TPSA) is 65.0 Å². The van der Waals surface area contributed by atoms with E-state index in [2.05, 4.69) is 0 Å². The highest BCUT2D eigenvalue weighted by atomic mass is 16.7. The Balaban J connectivity index is 2.44. The number of fused-ring (bicyclic) bond motifs is 1. The van der Waals surface area contributed by atoms with Crippen LogP contribution >= 0.6 is 0 Å². The molecule has 1 aliphatic rings. The van der Waals surface area contributed by atoms with Crippen molar-refractivity contribution in [3.05, 3.63) is 23.3 Å². The first-order valence-electron chi connectivity index (χ1n) is 5.01. The van der Waals surface area contributed by atoms with Gasteiger partial charge in [-0.3, -0.25) is 0 Å². The molecule has 2 rings (SSSR count). The van der Waals surface area contributed by atoms with E-state index in [-0.39, 0.29) is 12.4 Å². The van der Waals surface area contributed by atoms with Crippen LogP contribution < -0.4 is 14.2 Å². The van der Waals surface area contributed by atoms with E-state index in [1.165, 1.54) is 14.0 Å². The monoisotopic (exact) mass is 236 g/mol. The van der Waals surface area contributed by atoms with Crippen molar-refractivity contribution in [1.29, 1.82) is 0 Å². The Morgan fingerprint density at radius 1 is 1.47 bits per heavy atom. The average Bonchev–Trinajstić information content (AvgIpc) is 2.75. The molecule has 17 heavy (non-hydrogen) atoms. The van der Waals surface area contributed by atoms with Gasteiger partial charge < -0.3 is 19.3 Å². The molecule has 0 amide bonds. The molecule has 1 aromatic carbocycles. The van der Waals surface area contributed by atoms with E-state index in [0.29, 0.717) is 22.8 Å². The van der Waals surface area contributed by atoms with Crippen molar-refractivity contribution in [2.75, 3.05) is 13.9 Å². The summed E-state index contributed by atoms with van der Waals surface area (Å²) in [7, 11) is 1.52. The van der Waals surface area contributed by atoms with Crippen LogP contribution in [0.25, 0.3) is 6.08 Å². The van der Waals surface area contributed by atoms with Crippen LogP contribution in [-0.4, -0.2) is 25.0 Å². The van der Waals surface area contributed by atoms with E-state index in [9.17, 15) is 4.79 Å². The SMILES string of the molecule is COc1cc(/C=C(\C)C(=O)O)cc2c1OCO2. The largest absolute Gasteiger partial charge is 0.493 e. The first-order valence-corrected chi connectivity index (χ1v) is 5.01. The van der Waals surface area contributed by atoms with Gasteiger partial charge in [0.1, 0.15) is 0 Å². The summed E-state index contributed by atoms with van der Waals surface area (Å²) < 4.78 is 15.6.